The molecule has 1 aliphatic rings. The van der Waals surface area contributed by atoms with Crippen LogP contribution in [0, 0.1) is 20.8 Å². The van der Waals surface area contributed by atoms with Crippen molar-refractivity contribution in [1.29, 1.82) is 0 Å². The van der Waals surface area contributed by atoms with Crippen molar-refractivity contribution in [2.24, 2.45) is 0 Å². The average Bonchev–Trinajstić information content (AvgIpc) is 3.00. The molecule has 0 bridgehead atoms. The summed E-state index contributed by atoms with van der Waals surface area (Å²) >= 11 is 0. The van der Waals surface area contributed by atoms with Crippen LogP contribution in [0.2, 0.25) is 0 Å². The normalized spacial score (nSPS) is 14.3. The number of rotatable bonds is 4. The average molecular weight is 439 g/mol. The van der Waals surface area contributed by atoms with Crippen molar-refractivity contribution in [3.05, 3.63) is 100 Å². The molecule has 2 amide bonds. The van der Waals surface area contributed by atoms with Gasteiger partial charge >= 0.3 is 0 Å². The minimum Gasteiger partial charge on any atom is -0.350 e. The van der Waals surface area contributed by atoms with Crippen molar-refractivity contribution in [3.8, 4) is 0 Å². The van der Waals surface area contributed by atoms with E-state index in [9.17, 15) is 9.59 Å². The number of nitrogens with one attached hydrogen (secondary N) is 1. The molecule has 3 aromatic carbocycles. The molecule has 0 unspecified atom stereocenters. The molecule has 0 radical (unpaired) electrons. The minimum atomic E-state index is -0.343. The first-order valence-electron chi connectivity index (χ1n) is 11.2. The molecule has 0 atom stereocenters. The highest BCUT2D eigenvalue weighted by atomic mass is 16.2. The van der Waals surface area contributed by atoms with E-state index in [1.807, 2.05) is 75.4 Å². The number of anilines is 2. The standard InChI is InChI=1S/C29H30N2O2/c1-18-10-12-21(13-11-18)25-26(30-23-16-14-22(15-17-23)29(4,5)6)28(33)31(27(25)32)24-9-7-8-19(2)20(24)3/h7-17,30H,1-6H3. The fourth-order valence-corrected chi connectivity index (χ4v) is 4.03. The Kier molecular flexibility index (Phi) is 5.71. The predicted molar refractivity (Wildman–Crippen MR) is 135 cm³/mol. The molecule has 0 fully saturated rings. The summed E-state index contributed by atoms with van der Waals surface area (Å²) in [6, 6.07) is 21.4. The van der Waals surface area contributed by atoms with Gasteiger partial charge in [0.1, 0.15) is 5.70 Å². The number of benzene rings is 3. The Morgan fingerprint density at radius 1 is 0.758 bits per heavy atom. The maximum absolute atomic E-state index is 13.7. The molecular formula is C29H30N2O2. The van der Waals surface area contributed by atoms with Crippen molar-refractivity contribution >= 4 is 28.8 Å². The van der Waals surface area contributed by atoms with Gasteiger partial charge in [-0.15, -0.1) is 0 Å². The van der Waals surface area contributed by atoms with E-state index in [1.165, 1.54) is 10.5 Å². The highest BCUT2D eigenvalue weighted by Gasteiger charge is 2.41. The van der Waals surface area contributed by atoms with Crippen LogP contribution >= 0.6 is 0 Å². The Morgan fingerprint density at radius 3 is 2.00 bits per heavy atom. The van der Waals surface area contributed by atoms with Gasteiger partial charge in [-0.25, -0.2) is 4.90 Å². The first-order chi connectivity index (χ1) is 15.6. The largest absolute Gasteiger partial charge is 0.350 e. The number of aryl methyl sites for hydroxylation is 2. The Hall–Kier alpha value is -3.66. The van der Waals surface area contributed by atoms with E-state index in [-0.39, 0.29) is 17.2 Å². The number of imide groups is 1. The van der Waals surface area contributed by atoms with Crippen LogP contribution in [0.5, 0.6) is 0 Å². The third-order valence-corrected chi connectivity index (χ3v) is 6.26. The summed E-state index contributed by atoms with van der Waals surface area (Å²) in [4.78, 5) is 28.6. The SMILES string of the molecule is Cc1ccc(C2=C(Nc3ccc(C(C)(C)C)cc3)C(=O)N(c3cccc(C)c3C)C2=O)cc1. The van der Waals surface area contributed by atoms with E-state index >= 15 is 0 Å². The van der Waals surface area contributed by atoms with Gasteiger partial charge in [-0.05, 0) is 66.6 Å². The lowest BCUT2D eigenvalue weighted by molar-refractivity contribution is -0.120. The Balaban J connectivity index is 1.80. The molecule has 3 aromatic rings. The zero-order valence-corrected chi connectivity index (χ0v) is 20.1. The Bertz CT molecular complexity index is 1260. The number of carbonyl (C=O) groups is 2. The molecule has 4 heteroatoms. The highest BCUT2D eigenvalue weighted by molar-refractivity contribution is 6.46. The second-order valence-electron chi connectivity index (χ2n) is 9.73. The lowest BCUT2D eigenvalue weighted by Gasteiger charge is -2.20. The summed E-state index contributed by atoms with van der Waals surface area (Å²) in [7, 11) is 0. The van der Waals surface area contributed by atoms with Crippen LogP contribution in [0.25, 0.3) is 5.57 Å². The van der Waals surface area contributed by atoms with Crippen LogP contribution in [0.1, 0.15) is 48.6 Å². The van der Waals surface area contributed by atoms with Crippen molar-refractivity contribution in [2.75, 3.05) is 10.2 Å². The summed E-state index contributed by atoms with van der Waals surface area (Å²) in [5.41, 5.74) is 7.07. The van der Waals surface area contributed by atoms with Crippen LogP contribution in [0.4, 0.5) is 11.4 Å². The topological polar surface area (TPSA) is 49.4 Å². The lowest BCUT2D eigenvalue weighted by Crippen LogP contribution is -2.33. The van der Waals surface area contributed by atoms with Gasteiger partial charge < -0.3 is 5.32 Å². The molecule has 0 saturated heterocycles. The van der Waals surface area contributed by atoms with Crippen molar-refractivity contribution in [2.45, 2.75) is 47.0 Å². The monoisotopic (exact) mass is 438 g/mol. The van der Waals surface area contributed by atoms with Crippen molar-refractivity contribution < 1.29 is 9.59 Å². The number of nitrogens with zero attached hydrogens (tertiary/aromatic N) is 1. The van der Waals surface area contributed by atoms with Crippen molar-refractivity contribution in [1.82, 2.24) is 0 Å². The molecule has 0 aromatic heterocycles. The molecule has 1 aliphatic heterocycles. The van der Waals surface area contributed by atoms with Crippen molar-refractivity contribution in [3.63, 3.8) is 0 Å². The molecule has 0 aliphatic carbocycles. The molecule has 1 heterocycles. The second kappa shape index (κ2) is 8.36. The predicted octanol–water partition coefficient (Wildman–Crippen LogP) is 6.31. The molecule has 4 nitrogen and oxygen atoms in total. The van der Waals surface area contributed by atoms with Crippen LogP contribution in [-0.4, -0.2) is 11.8 Å². The molecule has 0 spiro atoms. The van der Waals surface area contributed by atoms with Gasteiger partial charge in [0.05, 0.1) is 11.3 Å². The Labute approximate surface area is 195 Å². The number of hydrogen-bond donors (Lipinski definition) is 1. The van der Waals surface area contributed by atoms with E-state index in [4.69, 9.17) is 0 Å². The van der Waals surface area contributed by atoms with Gasteiger partial charge in [-0.3, -0.25) is 9.59 Å². The molecule has 33 heavy (non-hydrogen) atoms. The zero-order valence-electron chi connectivity index (χ0n) is 20.1. The third kappa shape index (κ3) is 4.21. The van der Waals surface area contributed by atoms with E-state index in [1.54, 1.807) is 0 Å². The van der Waals surface area contributed by atoms with E-state index in [0.29, 0.717) is 17.0 Å². The molecule has 4 rings (SSSR count). The van der Waals surface area contributed by atoms with E-state index in [2.05, 4.69) is 38.2 Å². The summed E-state index contributed by atoms with van der Waals surface area (Å²) in [6.45, 7) is 12.4. The zero-order chi connectivity index (χ0) is 23.9. The first kappa shape index (κ1) is 22.5. The molecular weight excluding hydrogens is 408 g/mol. The Morgan fingerprint density at radius 2 is 1.39 bits per heavy atom. The fraction of sp³-hybridized carbons (Fsp3) is 0.241. The molecule has 1 N–H and O–H groups in total. The number of carbonyl (C=O) groups excluding carboxylic acids is 2. The van der Waals surface area contributed by atoms with Gasteiger partial charge in [0.2, 0.25) is 0 Å². The maximum atomic E-state index is 13.7. The number of hydrogen-bond acceptors (Lipinski definition) is 3. The second-order valence-corrected chi connectivity index (χ2v) is 9.73. The highest BCUT2D eigenvalue weighted by Crippen LogP contribution is 2.36. The summed E-state index contributed by atoms with van der Waals surface area (Å²) in [6.07, 6.45) is 0. The fourth-order valence-electron chi connectivity index (χ4n) is 4.03. The van der Waals surface area contributed by atoms with Crippen LogP contribution < -0.4 is 10.2 Å². The minimum absolute atomic E-state index is 0.0312. The smallest absolute Gasteiger partial charge is 0.282 e. The van der Waals surface area contributed by atoms with E-state index in [0.717, 1.165) is 27.9 Å². The molecule has 0 saturated carbocycles. The lowest BCUT2D eigenvalue weighted by atomic mass is 9.87. The van der Waals surface area contributed by atoms with Gasteiger partial charge in [0.25, 0.3) is 11.8 Å². The summed E-state index contributed by atoms with van der Waals surface area (Å²) in [5, 5.41) is 3.26. The summed E-state index contributed by atoms with van der Waals surface area (Å²) in [5.74, 6) is -0.657. The first-order valence-corrected chi connectivity index (χ1v) is 11.2. The van der Waals surface area contributed by atoms with Gasteiger partial charge in [0.15, 0.2) is 0 Å². The quantitative estimate of drug-likeness (QED) is 0.486. The van der Waals surface area contributed by atoms with Gasteiger partial charge in [0, 0.05) is 5.69 Å². The van der Waals surface area contributed by atoms with Gasteiger partial charge in [-0.1, -0.05) is 74.9 Å². The van der Waals surface area contributed by atoms with Crippen LogP contribution in [-0.2, 0) is 15.0 Å². The van der Waals surface area contributed by atoms with E-state index < -0.39 is 0 Å². The maximum Gasteiger partial charge on any atom is 0.282 e. The number of amides is 2. The molecule has 168 valence electrons. The summed E-state index contributed by atoms with van der Waals surface area (Å²) < 4.78 is 0. The van der Waals surface area contributed by atoms with Crippen LogP contribution in [0.15, 0.2) is 72.4 Å². The van der Waals surface area contributed by atoms with Gasteiger partial charge in [-0.2, -0.15) is 0 Å². The van der Waals surface area contributed by atoms with Crippen LogP contribution in [0.3, 0.4) is 0 Å². The third-order valence-electron chi connectivity index (χ3n) is 6.26.